The van der Waals surface area contributed by atoms with Crippen molar-refractivity contribution in [3.05, 3.63) is 18.2 Å². The first-order valence-corrected chi connectivity index (χ1v) is 9.23. The van der Waals surface area contributed by atoms with Gasteiger partial charge in [-0.1, -0.05) is 6.92 Å². The molecule has 6 heteroatoms. The predicted octanol–water partition coefficient (Wildman–Crippen LogP) is 1.28. The van der Waals surface area contributed by atoms with Crippen LogP contribution in [0.1, 0.15) is 32.0 Å². The van der Waals surface area contributed by atoms with E-state index in [1.54, 1.807) is 4.90 Å². The molecule has 3 aliphatic rings. The van der Waals surface area contributed by atoms with Crippen LogP contribution in [-0.2, 0) is 17.9 Å². The Hall–Kier alpha value is -1.40. The molecule has 3 aliphatic heterocycles. The highest BCUT2D eigenvalue weighted by atomic mass is 16.2. The number of amides is 1. The molecule has 0 aliphatic carbocycles. The van der Waals surface area contributed by atoms with Crippen LogP contribution in [0.25, 0.3) is 0 Å². The standard InChI is InChI=1S/C18H31N5O/c1-4-8-22-9-7-19-17(22)13-23-11-15-5-6-16(23)12-21(10-15)14-18(24)20(2)3/h7,9,15-16H,4-6,8,10-14H2,1-3H3/t15-,16+/m1/s1. The van der Waals surface area contributed by atoms with Gasteiger partial charge in [-0.15, -0.1) is 0 Å². The highest BCUT2D eigenvalue weighted by molar-refractivity contribution is 5.77. The Kier molecular flexibility index (Phi) is 5.56. The molecule has 1 amide bonds. The van der Waals surface area contributed by atoms with E-state index >= 15 is 0 Å². The maximum Gasteiger partial charge on any atom is 0.236 e. The van der Waals surface area contributed by atoms with Crippen molar-refractivity contribution < 1.29 is 4.79 Å². The van der Waals surface area contributed by atoms with Crippen LogP contribution in [0.3, 0.4) is 0 Å². The molecular formula is C18H31N5O. The predicted molar refractivity (Wildman–Crippen MR) is 94.6 cm³/mol. The summed E-state index contributed by atoms with van der Waals surface area (Å²) in [5.74, 6) is 2.06. The Bertz CT molecular complexity index is 555. The van der Waals surface area contributed by atoms with E-state index in [1.165, 1.54) is 18.7 Å². The zero-order valence-electron chi connectivity index (χ0n) is 15.3. The highest BCUT2D eigenvalue weighted by Gasteiger charge is 2.35. The molecule has 1 aromatic rings. The van der Waals surface area contributed by atoms with E-state index in [0.29, 0.717) is 18.5 Å². The normalized spacial score (nSPS) is 25.0. The van der Waals surface area contributed by atoms with Gasteiger partial charge < -0.3 is 9.47 Å². The van der Waals surface area contributed by atoms with Crippen molar-refractivity contribution in [1.82, 2.24) is 24.3 Å². The Balaban J connectivity index is 1.65. The van der Waals surface area contributed by atoms with Crippen LogP contribution in [0.15, 0.2) is 12.4 Å². The van der Waals surface area contributed by atoms with Crippen LogP contribution < -0.4 is 0 Å². The molecule has 3 saturated heterocycles. The molecular weight excluding hydrogens is 302 g/mol. The van der Waals surface area contributed by atoms with Gasteiger partial charge in [0.15, 0.2) is 0 Å². The first kappa shape index (κ1) is 17.4. The molecule has 0 spiro atoms. The Morgan fingerprint density at radius 3 is 2.88 bits per heavy atom. The fraction of sp³-hybridized carbons (Fsp3) is 0.778. The third kappa shape index (κ3) is 3.98. The number of piperidine rings is 1. The number of carbonyl (C=O) groups excluding carboxylic acids is 1. The average molecular weight is 333 g/mol. The van der Waals surface area contributed by atoms with Crippen molar-refractivity contribution in [1.29, 1.82) is 0 Å². The highest BCUT2D eigenvalue weighted by Crippen LogP contribution is 2.29. The lowest BCUT2D eigenvalue weighted by atomic mass is 9.95. The number of aryl methyl sites for hydroxylation is 1. The van der Waals surface area contributed by atoms with E-state index < -0.39 is 0 Å². The lowest BCUT2D eigenvalue weighted by Crippen LogP contribution is -2.44. The second-order valence-electron chi connectivity index (χ2n) is 7.55. The van der Waals surface area contributed by atoms with E-state index in [1.807, 2.05) is 20.3 Å². The first-order chi connectivity index (χ1) is 11.6. The van der Waals surface area contributed by atoms with Crippen molar-refractivity contribution in [2.24, 2.45) is 5.92 Å². The molecule has 24 heavy (non-hydrogen) atoms. The molecule has 0 aromatic carbocycles. The molecule has 4 heterocycles. The van der Waals surface area contributed by atoms with Crippen molar-refractivity contribution in [3.63, 3.8) is 0 Å². The summed E-state index contributed by atoms with van der Waals surface area (Å²) in [7, 11) is 3.68. The van der Waals surface area contributed by atoms with Crippen LogP contribution in [0.4, 0.5) is 0 Å². The molecule has 0 saturated carbocycles. The fourth-order valence-electron chi connectivity index (χ4n) is 4.05. The number of imidazole rings is 1. The molecule has 0 radical (unpaired) electrons. The quantitative estimate of drug-likeness (QED) is 0.787. The third-order valence-corrected chi connectivity index (χ3v) is 5.37. The minimum atomic E-state index is 0.210. The van der Waals surface area contributed by atoms with E-state index in [4.69, 9.17) is 0 Å². The number of hydrogen-bond acceptors (Lipinski definition) is 4. The summed E-state index contributed by atoms with van der Waals surface area (Å²) in [6.45, 7) is 7.93. The average Bonchev–Trinajstić information content (AvgIpc) is 2.78. The smallest absolute Gasteiger partial charge is 0.236 e. The second-order valence-corrected chi connectivity index (χ2v) is 7.55. The van der Waals surface area contributed by atoms with Gasteiger partial charge in [0.1, 0.15) is 5.82 Å². The van der Waals surface area contributed by atoms with Crippen molar-refractivity contribution in [3.8, 4) is 0 Å². The van der Waals surface area contributed by atoms with Gasteiger partial charge in [0, 0.05) is 58.7 Å². The Morgan fingerprint density at radius 1 is 1.29 bits per heavy atom. The van der Waals surface area contributed by atoms with Gasteiger partial charge in [-0.3, -0.25) is 14.6 Å². The summed E-state index contributed by atoms with van der Waals surface area (Å²) in [4.78, 5) is 23.3. The molecule has 6 nitrogen and oxygen atoms in total. The molecule has 134 valence electrons. The SMILES string of the molecule is CCCn1ccnc1CN1C[C@@H]2CC[C@H]1CN(CC(=O)N(C)C)C2. The Labute approximate surface area is 145 Å². The lowest BCUT2D eigenvalue weighted by Gasteiger charge is -2.36. The fourth-order valence-corrected chi connectivity index (χ4v) is 4.05. The summed E-state index contributed by atoms with van der Waals surface area (Å²) in [6.07, 6.45) is 7.68. The number of rotatable bonds is 6. The zero-order chi connectivity index (χ0) is 17.1. The van der Waals surface area contributed by atoms with Gasteiger partial charge >= 0.3 is 0 Å². The van der Waals surface area contributed by atoms with Crippen LogP contribution in [0.5, 0.6) is 0 Å². The van der Waals surface area contributed by atoms with Crippen LogP contribution in [0, 0.1) is 5.92 Å². The summed E-state index contributed by atoms with van der Waals surface area (Å²) < 4.78 is 2.28. The molecule has 0 unspecified atom stereocenters. The zero-order valence-corrected chi connectivity index (χ0v) is 15.3. The van der Waals surface area contributed by atoms with Gasteiger partial charge in [-0.2, -0.15) is 0 Å². The topological polar surface area (TPSA) is 44.6 Å². The van der Waals surface area contributed by atoms with Crippen molar-refractivity contribution >= 4 is 5.91 Å². The third-order valence-electron chi connectivity index (χ3n) is 5.37. The molecule has 2 atom stereocenters. The molecule has 2 bridgehead atoms. The summed E-state index contributed by atoms with van der Waals surface area (Å²) >= 11 is 0. The first-order valence-electron chi connectivity index (χ1n) is 9.23. The number of likely N-dealkylation sites (N-methyl/N-ethyl adjacent to an activating group) is 1. The maximum atomic E-state index is 12.1. The number of hydrogen-bond donors (Lipinski definition) is 0. The van der Waals surface area contributed by atoms with E-state index in [2.05, 4.69) is 32.5 Å². The molecule has 4 rings (SSSR count). The van der Waals surface area contributed by atoms with Gasteiger partial charge in [0.05, 0.1) is 13.1 Å². The number of nitrogens with zero attached hydrogens (tertiary/aromatic N) is 5. The summed E-state index contributed by atoms with van der Waals surface area (Å²) in [5.41, 5.74) is 0. The van der Waals surface area contributed by atoms with Gasteiger partial charge in [-0.25, -0.2) is 4.98 Å². The monoisotopic (exact) mass is 333 g/mol. The molecule has 1 aromatic heterocycles. The Morgan fingerprint density at radius 2 is 2.12 bits per heavy atom. The van der Waals surface area contributed by atoms with E-state index in [-0.39, 0.29) is 5.91 Å². The lowest BCUT2D eigenvalue weighted by molar-refractivity contribution is -0.130. The molecule has 3 fully saturated rings. The van der Waals surface area contributed by atoms with Gasteiger partial charge in [-0.05, 0) is 25.2 Å². The van der Waals surface area contributed by atoms with Crippen LogP contribution in [0.2, 0.25) is 0 Å². The summed E-state index contributed by atoms with van der Waals surface area (Å²) in [5, 5.41) is 0. The minimum Gasteiger partial charge on any atom is -0.348 e. The van der Waals surface area contributed by atoms with Crippen LogP contribution >= 0.6 is 0 Å². The molecule has 0 N–H and O–H groups in total. The van der Waals surface area contributed by atoms with Gasteiger partial charge in [0.25, 0.3) is 0 Å². The second kappa shape index (κ2) is 7.66. The summed E-state index contributed by atoms with van der Waals surface area (Å²) in [6, 6.07) is 0.547. The largest absolute Gasteiger partial charge is 0.348 e. The van der Waals surface area contributed by atoms with E-state index in [0.717, 1.165) is 39.1 Å². The number of aromatic nitrogens is 2. The van der Waals surface area contributed by atoms with Gasteiger partial charge in [0.2, 0.25) is 5.91 Å². The van der Waals surface area contributed by atoms with Crippen LogP contribution in [-0.4, -0.2) is 76.5 Å². The van der Waals surface area contributed by atoms with Crippen molar-refractivity contribution in [2.45, 2.75) is 45.3 Å². The number of carbonyl (C=O) groups is 1. The van der Waals surface area contributed by atoms with Crippen molar-refractivity contribution in [2.75, 3.05) is 40.3 Å². The number of fused-ring (bicyclic) bond motifs is 4. The maximum absolute atomic E-state index is 12.1. The van der Waals surface area contributed by atoms with E-state index in [9.17, 15) is 4.79 Å². The minimum absolute atomic E-state index is 0.210.